The molecule has 23 heavy (non-hydrogen) atoms. The first-order valence-corrected chi connectivity index (χ1v) is 7.78. The van der Waals surface area contributed by atoms with Crippen molar-refractivity contribution in [3.8, 4) is 5.75 Å². The van der Waals surface area contributed by atoms with Crippen LogP contribution >= 0.6 is 11.8 Å². The number of aromatic hydroxyl groups is 1. The molecule has 8 heteroatoms. The largest absolute Gasteiger partial charge is 0.507 e. The summed E-state index contributed by atoms with van der Waals surface area (Å²) < 4.78 is 13.2. The number of benzene rings is 1. The SMILES string of the molecule is O=C1N=C(N2CCCC2C(=O)O)SC1=Cc1cc(F)ccc1O. The van der Waals surface area contributed by atoms with Gasteiger partial charge >= 0.3 is 5.97 Å². The van der Waals surface area contributed by atoms with E-state index in [0.29, 0.717) is 24.6 Å². The zero-order valence-corrected chi connectivity index (χ0v) is 12.7. The van der Waals surface area contributed by atoms with Gasteiger partial charge in [-0.1, -0.05) is 0 Å². The van der Waals surface area contributed by atoms with E-state index in [1.165, 1.54) is 12.1 Å². The first-order chi connectivity index (χ1) is 11.0. The van der Waals surface area contributed by atoms with Crippen LogP contribution in [0.4, 0.5) is 4.39 Å². The number of phenols is 1. The number of carbonyl (C=O) groups is 2. The van der Waals surface area contributed by atoms with Crippen LogP contribution in [0.2, 0.25) is 0 Å². The van der Waals surface area contributed by atoms with E-state index < -0.39 is 23.7 Å². The Balaban J connectivity index is 1.84. The molecule has 1 amide bonds. The highest BCUT2D eigenvalue weighted by molar-refractivity contribution is 8.18. The van der Waals surface area contributed by atoms with Crippen molar-refractivity contribution < 1.29 is 24.2 Å². The van der Waals surface area contributed by atoms with Gasteiger partial charge in [-0.2, -0.15) is 4.99 Å². The molecule has 0 saturated carbocycles. The highest BCUT2D eigenvalue weighted by Crippen LogP contribution is 2.34. The third-order valence-corrected chi connectivity index (χ3v) is 4.69. The maximum Gasteiger partial charge on any atom is 0.326 e. The lowest BCUT2D eigenvalue weighted by atomic mass is 10.2. The zero-order valence-electron chi connectivity index (χ0n) is 11.9. The highest BCUT2D eigenvalue weighted by Gasteiger charge is 2.36. The Hall–Kier alpha value is -2.35. The summed E-state index contributed by atoms with van der Waals surface area (Å²) >= 11 is 1.04. The lowest BCUT2D eigenvalue weighted by molar-refractivity contribution is -0.140. The van der Waals surface area contributed by atoms with Crippen molar-refractivity contribution in [3.05, 3.63) is 34.5 Å². The van der Waals surface area contributed by atoms with Crippen LogP contribution in [-0.4, -0.2) is 44.7 Å². The van der Waals surface area contributed by atoms with Gasteiger partial charge in [0, 0.05) is 12.1 Å². The van der Waals surface area contributed by atoms with Crippen LogP contribution in [0.1, 0.15) is 18.4 Å². The van der Waals surface area contributed by atoms with E-state index >= 15 is 0 Å². The Kier molecular flexibility index (Phi) is 4.08. The summed E-state index contributed by atoms with van der Waals surface area (Å²) in [7, 11) is 0. The number of amides is 1. The molecule has 1 atom stereocenters. The second-order valence-electron chi connectivity index (χ2n) is 5.20. The average Bonchev–Trinajstić information content (AvgIpc) is 3.10. The van der Waals surface area contributed by atoms with Crippen LogP contribution in [0.15, 0.2) is 28.1 Å². The number of halogens is 1. The van der Waals surface area contributed by atoms with E-state index in [0.717, 1.165) is 23.9 Å². The van der Waals surface area contributed by atoms with Crippen LogP contribution < -0.4 is 0 Å². The molecule has 2 aliphatic heterocycles. The molecule has 0 aliphatic carbocycles. The van der Waals surface area contributed by atoms with E-state index in [9.17, 15) is 24.2 Å². The minimum atomic E-state index is -0.946. The monoisotopic (exact) mass is 336 g/mol. The van der Waals surface area contributed by atoms with E-state index in [-0.39, 0.29) is 16.2 Å². The molecule has 0 radical (unpaired) electrons. The van der Waals surface area contributed by atoms with Gasteiger partial charge in [-0.25, -0.2) is 9.18 Å². The van der Waals surface area contributed by atoms with Gasteiger partial charge in [0.05, 0.1) is 4.91 Å². The Morgan fingerprint density at radius 1 is 1.48 bits per heavy atom. The van der Waals surface area contributed by atoms with Gasteiger partial charge < -0.3 is 15.1 Å². The number of likely N-dealkylation sites (tertiary alicyclic amines) is 1. The predicted octanol–water partition coefficient (Wildman–Crippen LogP) is 2.05. The van der Waals surface area contributed by atoms with Crippen molar-refractivity contribution in [3.63, 3.8) is 0 Å². The number of aliphatic carboxylic acids is 1. The van der Waals surface area contributed by atoms with Crippen molar-refractivity contribution in [2.45, 2.75) is 18.9 Å². The van der Waals surface area contributed by atoms with Crippen LogP contribution in [0.25, 0.3) is 6.08 Å². The van der Waals surface area contributed by atoms with Crippen LogP contribution in [0, 0.1) is 5.82 Å². The lowest BCUT2D eigenvalue weighted by Crippen LogP contribution is -2.38. The van der Waals surface area contributed by atoms with E-state index in [2.05, 4.69) is 4.99 Å². The average molecular weight is 336 g/mol. The summed E-state index contributed by atoms with van der Waals surface area (Å²) in [4.78, 5) is 28.9. The standard InChI is InChI=1S/C15H13FN2O4S/c16-9-3-4-11(19)8(6-9)7-12-13(20)17-15(23-12)18-5-1-2-10(18)14(21)22/h3-4,6-7,10,19H,1-2,5H2,(H,21,22). The van der Waals surface area contributed by atoms with Gasteiger partial charge in [0.1, 0.15) is 17.6 Å². The van der Waals surface area contributed by atoms with Crippen LogP contribution in [0.3, 0.4) is 0 Å². The molecular formula is C15H13FN2O4S. The molecule has 1 aromatic carbocycles. The number of hydrogen-bond donors (Lipinski definition) is 2. The normalized spacial score (nSPS) is 22.7. The minimum absolute atomic E-state index is 0.148. The number of carbonyl (C=O) groups excluding carboxylic acids is 1. The summed E-state index contributed by atoms with van der Waals surface area (Å²) in [6.45, 7) is 0.522. The summed E-state index contributed by atoms with van der Waals surface area (Å²) in [6, 6.07) is 2.75. The Bertz CT molecular complexity index is 747. The summed E-state index contributed by atoms with van der Waals surface area (Å²) in [5.74, 6) is -2.15. The second-order valence-corrected chi connectivity index (χ2v) is 6.21. The van der Waals surface area contributed by atoms with Crippen molar-refractivity contribution in [1.82, 2.24) is 4.90 Å². The number of thioether (sulfide) groups is 1. The molecule has 2 aliphatic rings. The first-order valence-electron chi connectivity index (χ1n) is 6.96. The topological polar surface area (TPSA) is 90.2 Å². The van der Waals surface area contributed by atoms with Gasteiger partial charge in [0.15, 0.2) is 5.17 Å². The number of amidine groups is 1. The maximum absolute atomic E-state index is 13.2. The van der Waals surface area contributed by atoms with E-state index in [4.69, 9.17) is 0 Å². The third kappa shape index (κ3) is 3.07. The molecule has 0 aromatic heterocycles. The van der Waals surface area contributed by atoms with Crippen molar-refractivity contribution in [2.24, 2.45) is 4.99 Å². The first kappa shape index (κ1) is 15.5. The molecule has 1 unspecified atom stereocenters. The zero-order chi connectivity index (χ0) is 16.6. The third-order valence-electron chi connectivity index (χ3n) is 3.67. The van der Waals surface area contributed by atoms with Crippen molar-refractivity contribution in [1.29, 1.82) is 0 Å². The van der Waals surface area contributed by atoms with Crippen LogP contribution in [-0.2, 0) is 9.59 Å². The van der Waals surface area contributed by atoms with Gasteiger partial charge in [0.2, 0.25) is 0 Å². The molecule has 2 N–H and O–H groups in total. The van der Waals surface area contributed by atoms with E-state index in [1.807, 2.05) is 0 Å². The van der Waals surface area contributed by atoms with Gasteiger partial charge in [-0.15, -0.1) is 0 Å². The molecule has 120 valence electrons. The fourth-order valence-electron chi connectivity index (χ4n) is 2.56. The number of carboxylic acids is 1. The molecule has 1 fully saturated rings. The minimum Gasteiger partial charge on any atom is -0.507 e. The number of carboxylic acid groups (broad SMARTS) is 1. The Morgan fingerprint density at radius 2 is 2.26 bits per heavy atom. The molecule has 1 aromatic rings. The number of phenolic OH excluding ortho intramolecular Hbond substituents is 1. The number of hydrogen-bond acceptors (Lipinski definition) is 5. The summed E-state index contributed by atoms with van der Waals surface area (Å²) in [5, 5.41) is 19.2. The molecule has 1 saturated heterocycles. The molecule has 3 rings (SSSR count). The van der Waals surface area contributed by atoms with Gasteiger partial charge in [0.25, 0.3) is 5.91 Å². The van der Waals surface area contributed by atoms with E-state index in [1.54, 1.807) is 4.90 Å². The quantitative estimate of drug-likeness (QED) is 0.804. The molecule has 0 spiro atoms. The number of nitrogens with zero attached hydrogens (tertiary/aromatic N) is 2. The van der Waals surface area contributed by atoms with Gasteiger partial charge in [-0.3, -0.25) is 4.79 Å². The fraction of sp³-hybridized carbons (Fsp3) is 0.267. The molecule has 2 heterocycles. The summed E-state index contributed by atoms with van der Waals surface area (Å²) in [5.41, 5.74) is 0.175. The molecular weight excluding hydrogens is 323 g/mol. The Labute approximate surface area is 135 Å². The van der Waals surface area contributed by atoms with Crippen molar-refractivity contribution in [2.75, 3.05) is 6.54 Å². The maximum atomic E-state index is 13.2. The molecule has 6 nitrogen and oxygen atoms in total. The fourth-order valence-corrected chi connectivity index (χ4v) is 3.54. The number of rotatable bonds is 2. The van der Waals surface area contributed by atoms with Crippen molar-refractivity contribution >= 4 is 34.9 Å². The predicted molar refractivity (Wildman–Crippen MR) is 83.4 cm³/mol. The Morgan fingerprint density at radius 3 is 3.00 bits per heavy atom. The second kappa shape index (κ2) is 6.04. The highest BCUT2D eigenvalue weighted by atomic mass is 32.2. The molecule has 0 bridgehead atoms. The lowest BCUT2D eigenvalue weighted by Gasteiger charge is -2.21. The smallest absolute Gasteiger partial charge is 0.326 e. The van der Waals surface area contributed by atoms with Gasteiger partial charge in [-0.05, 0) is 48.9 Å². The van der Waals surface area contributed by atoms with Crippen LogP contribution in [0.5, 0.6) is 5.75 Å². The number of aliphatic imine (C=N–C) groups is 1. The summed E-state index contributed by atoms with van der Waals surface area (Å²) in [6.07, 6.45) is 2.58.